The molecule has 1 aromatic carbocycles. The Morgan fingerprint density at radius 1 is 1.15 bits per heavy atom. The smallest absolute Gasteiger partial charge is 0.249 e. The average Bonchev–Trinajstić information content (AvgIpc) is 2.99. The van der Waals surface area contributed by atoms with Crippen molar-refractivity contribution in [1.82, 2.24) is 19.5 Å². The van der Waals surface area contributed by atoms with E-state index >= 15 is 0 Å². The number of amides is 1. The van der Waals surface area contributed by atoms with E-state index in [1.165, 1.54) is 0 Å². The molecule has 0 saturated heterocycles. The van der Waals surface area contributed by atoms with Gasteiger partial charge in [-0.05, 0) is 18.4 Å². The Morgan fingerprint density at radius 3 is 2.46 bits per heavy atom. The van der Waals surface area contributed by atoms with E-state index in [0.29, 0.717) is 0 Å². The van der Waals surface area contributed by atoms with Crippen LogP contribution >= 0.6 is 0 Å². The summed E-state index contributed by atoms with van der Waals surface area (Å²) < 4.78 is 1.76. The fourth-order valence-corrected chi connectivity index (χ4v) is 2.85. The molecule has 0 radical (unpaired) electrons. The summed E-state index contributed by atoms with van der Waals surface area (Å²) in [5.41, 5.74) is 3.53. The quantitative estimate of drug-likeness (QED) is 0.765. The van der Waals surface area contributed by atoms with E-state index in [2.05, 4.69) is 29.2 Å². The van der Waals surface area contributed by atoms with Crippen molar-refractivity contribution in [2.45, 2.75) is 32.7 Å². The van der Waals surface area contributed by atoms with Gasteiger partial charge in [-0.15, -0.1) is 0 Å². The van der Waals surface area contributed by atoms with Gasteiger partial charge in [-0.3, -0.25) is 4.79 Å². The van der Waals surface area contributed by atoms with Crippen LogP contribution in [0.25, 0.3) is 5.65 Å². The molecule has 0 aliphatic heterocycles. The van der Waals surface area contributed by atoms with E-state index < -0.39 is 6.04 Å². The van der Waals surface area contributed by atoms with Crippen molar-refractivity contribution >= 4 is 17.4 Å². The second kappa shape index (κ2) is 7.15. The van der Waals surface area contributed by atoms with Crippen LogP contribution in [-0.4, -0.2) is 39.5 Å². The van der Waals surface area contributed by atoms with Gasteiger partial charge in [0.25, 0.3) is 0 Å². The number of carbonyl (C=O) groups is 1. The number of nitrogens with one attached hydrogen (secondary N) is 1. The number of hydrogen-bond donors (Lipinski definition) is 1. The maximum absolute atomic E-state index is 12.8. The number of likely N-dealkylation sites (N-methyl/N-ethyl adjacent to an activating group) is 1. The highest BCUT2D eigenvalue weighted by Crippen LogP contribution is 2.25. The van der Waals surface area contributed by atoms with Gasteiger partial charge in [0.2, 0.25) is 5.91 Å². The van der Waals surface area contributed by atoms with Gasteiger partial charge in [-0.1, -0.05) is 44.2 Å². The van der Waals surface area contributed by atoms with Crippen LogP contribution in [0.5, 0.6) is 0 Å². The van der Waals surface area contributed by atoms with Crippen LogP contribution in [0.1, 0.15) is 42.8 Å². The van der Waals surface area contributed by atoms with E-state index in [1.807, 2.05) is 49.4 Å². The first-order valence-corrected chi connectivity index (χ1v) is 8.76. The van der Waals surface area contributed by atoms with Crippen molar-refractivity contribution in [1.29, 1.82) is 0 Å². The summed E-state index contributed by atoms with van der Waals surface area (Å²) >= 11 is 0. The van der Waals surface area contributed by atoms with Gasteiger partial charge in [0.15, 0.2) is 5.65 Å². The SMILES string of the molecule is Cc1cc2nc(C(C)C)cc(N[C@@H](C(=O)N(C)C)c3ccccc3)n2n1. The zero-order valence-electron chi connectivity index (χ0n) is 15.9. The van der Waals surface area contributed by atoms with Crippen molar-refractivity contribution in [2.75, 3.05) is 19.4 Å². The highest BCUT2D eigenvalue weighted by Gasteiger charge is 2.24. The third-order valence-corrected chi connectivity index (χ3v) is 4.27. The molecular formula is C20H25N5O. The Balaban J connectivity index is 2.10. The number of aryl methyl sites for hydroxylation is 1. The molecule has 1 atom stereocenters. The van der Waals surface area contributed by atoms with Gasteiger partial charge in [0.1, 0.15) is 11.9 Å². The molecule has 0 fully saturated rings. The fraction of sp³-hybridized carbons (Fsp3) is 0.350. The Morgan fingerprint density at radius 2 is 1.85 bits per heavy atom. The fourth-order valence-electron chi connectivity index (χ4n) is 2.85. The van der Waals surface area contributed by atoms with Crippen LogP contribution in [0.2, 0.25) is 0 Å². The molecule has 26 heavy (non-hydrogen) atoms. The van der Waals surface area contributed by atoms with Crippen molar-refractivity contribution in [2.24, 2.45) is 0 Å². The Labute approximate surface area is 153 Å². The zero-order chi connectivity index (χ0) is 18.8. The third kappa shape index (κ3) is 3.54. The number of nitrogens with zero attached hydrogens (tertiary/aromatic N) is 4. The highest BCUT2D eigenvalue weighted by atomic mass is 16.2. The highest BCUT2D eigenvalue weighted by molar-refractivity contribution is 5.85. The standard InChI is InChI=1S/C20H25N5O/c1-13(2)16-12-18(25-17(21-16)11-14(3)23-25)22-19(20(26)24(4)5)15-9-7-6-8-10-15/h6-13,19,22H,1-5H3/t19-/m1/s1. The number of anilines is 1. The first kappa shape index (κ1) is 17.9. The van der Waals surface area contributed by atoms with Gasteiger partial charge in [0, 0.05) is 31.9 Å². The second-order valence-electron chi connectivity index (χ2n) is 7.00. The predicted octanol–water partition coefficient (Wildman–Crippen LogP) is 3.40. The number of hydrogen-bond acceptors (Lipinski definition) is 4. The Kier molecular flexibility index (Phi) is 4.93. The molecule has 0 saturated carbocycles. The summed E-state index contributed by atoms with van der Waals surface area (Å²) in [6, 6.07) is 13.1. The molecule has 0 unspecified atom stereocenters. The predicted molar refractivity (Wildman–Crippen MR) is 103 cm³/mol. The maximum Gasteiger partial charge on any atom is 0.249 e. The Hall–Kier alpha value is -2.89. The van der Waals surface area contributed by atoms with E-state index in [1.54, 1.807) is 23.5 Å². The molecular weight excluding hydrogens is 326 g/mol. The van der Waals surface area contributed by atoms with Gasteiger partial charge in [-0.25, -0.2) is 4.98 Å². The lowest BCUT2D eigenvalue weighted by Crippen LogP contribution is -2.33. The third-order valence-electron chi connectivity index (χ3n) is 4.27. The van der Waals surface area contributed by atoms with Crippen molar-refractivity contribution in [3.05, 3.63) is 59.4 Å². The number of fused-ring (bicyclic) bond motifs is 1. The lowest BCUT2D eigenvalue weighted by molar-refractivity contribution is -0.129. The summed E-state index contributed by atoms with van der Waals surface area (Å²) in [5, 5.41) is 7.93. The van der Waals surface area contributed by atoms with Crippen LogP contribution in [0.4, 0.5) is 5.82 Å². The van der Waals surface area contributed by atoms with E-state index in [9.17, 15) is 4.79 Å². The van der Waals surface area contributed by atoms with Crippen LogP contribution in [0, 0.1) is 6.92 Å². The summed E-state index contributed by atoms with van der Waals surface area (Å²) in [7, 11) is 3.53. The molecule has 2 aromatic heterocycles. The second-order valence-corrected chi connectivity index (χ2v) is 7.00. The average molecular weight is 351 g/mol. The minimum absolute atomic E-state index is 0.0175. The van der Waals surface area contributed by atoms with Gasteiger partial charge >= 0.3 is 0 Å². The molecule has 6 heteroatoms. The number of rotatable bonds is 5. The van der Waals surface area contributed by atoms with E-state index in [0.717, 1.165) is 28.4 Å². The molecule has 0 spiro atoms. The van der Waals surface area contributed by atoms with Gasteiger partial charge in [-0.2, -0.15) is 9.61 Å². The molecule has 1 N–H and O–H groups in total. The maximum atomic E-state index is 12.8. The van der Waals surface area contributed by atoms with Gasteiger partial charge in [0.05, 0.1) is 5.69 Å². The minimum atomic E-state index is -0.499. The number of benzene rings is 1. The lowest BCUT2D eigenvalue weighted by atomic mass is 10.1. The number of carbonyl (C=O) groups excluding carboxylic acids is 1. The monoisotopic (exact) mass is 351 g/mol. The molecule has 1 amide bonds. The molecule has 3 aromatic rings. The summed E-state index contributed by atoms with van der Waals surface area (Å²) in [5.74, 6) is 1.02. The molecule has 6 nitrogen and oxygen atoms in total. The lowest BCUT2D eigenvalue weighted by Gasteiger charge is -2.23. The molecule has 2 heterocycles. The first-order valence-electron chi connectivity index (χ1n) is 8.76. The minimum Gasteiger partial charge on any atom is -0.355 e. The number of aromatic nitrogens is 3. The van der Waals surface area contributed by atoms with Crippen molar-refractivity contribution in [3.8, 4) is 0 Å². The van der Waals surface area contributed by atoms with Crippen LogP contribution in [0.3, 0.4) is 0 Å². The van der Waals surface area contributed by atoms with Gasteiger partial charge < -0.3 is 10.2 Å². The zero-order valence-corrected chi connectivity index (χ0v) is 15.9. The Bertz CT molecular complexity index is 915. The summed E-state index contributed by atoms with van der Waals surface area (Å²) in [6.45, 7) is 6.14. The molecule has 3 rings (SSSR count). The van der Waals surface area contributed by atoms with Crippen molar-refractivity contribution in [3.63, 3.8) is 0 Å². The summed E-state index contributed by atoms with van der Waals surface area (Å²) in [6.07, 6.45) is 0. The topological polar surface area (TPSA) is 62.5 Å². The van der Waals surface area contributed by atoms with Crippen LogP contribution in [-0.2, 0) is 4.79 Å². The first-order chi connectivity index (χ1) is 12.4. The molecule has 0 aliphatic carbocycles. The molecule has 136 valence electrons. The van der Waals surface area contributed by atoms with E-state index in [-0.39, 0.29) is 11.8 Å². The van der Waals surface area contributed by atoms with E-state index in [4.69, 9.17) is 0 Å². The van der Waals surface area contributed by atoms with Crippen molar-refractivity contribution < 1.29 is 4.79 Å². The van der Waals surface area contributed by atoms with Crippen LogP contribution in [0.15, 0.2) is 42.5 Å². The van der Waals surface area contributed by atoms with Crippen LogP contribution < -0.4 is 5.32 Å². The summed E-state index contributed by atoms with van der Waals surface area (Å²) in [4.78, 5) is 19.1. The largest absolute Gasteiger partial charge is 0.355 e. The normalized spacial score (nSPS) is 12.4. The molecule has 0 bridgehead atoms. The molecule has 0 aliphatic rings.